The predicted molar refractivity (Wildman–Crippen MR) is 99.2 cm³/mol. The lowest BCUT2D eigenvalue weighted by molar-refractivity contribution is -0.122. The van der Waals surface area contributed by atoms with Crippen LogP contribution in [0.2, 0.25) is 0 Å². The van der Waals surface area contributed by atoms with Crippen LogP contribution in [0.4, 0.5) is 5.69 Å². The number of aromatic nitrogens is 1. The van der Waals surface area contributed by atoms with Crippen molar-refractivity contribution in [2.45, 2.75) is 25.8 Å². The zero-order valence-corrected chi connectivity index (χ0v) is 15.4. The Labute approximate surface area is 153 Å². The Bertz CT molecular complexity index is 612. The molecule has 1 aromatic heterocycles. The summed E-state index contributed by atoms with van der Waals surface area (Å²) < 4.78 is 0. The van der Waals surface area contributed by atoms with E-state index in [1.165, 1.54) is 0 Å². The third-order valence-electron chi connectivity index (χ3n) is 4.50. The highest BCUT2D eigenvalue weighted by Crippen LogP contribution is 2.15. The van der Waals surface area contributed by atoms with Crippen LogP contribution in [0.25, 0.3) is 0 Å². The number of aldehydes is 1. The number of pyridine rings is 1. The number of amides is 2. The lowest BCUT2D eigenvalue weighted by atomic mass is 10.1. The quantitative estimate of drug-likeness (QED) is 0.635. The van der Waals surface area contributed by atoms with Crippen LogP contribution in [0.5, 0.6) is 0 Å². The Morgan fingerprint density at radius 2 is 2.00 bits per heavy atom. The Morgan fingerprint density at radius 3 is 2.54 bits per heavy atom. The van der Waals surface area contributed by atoms with Crippen molar-refractivity contribution in [3.8, 4) is 0 Å². The molecule has 0 saturated carbocycles. The van der Waals surface area contributed by atoms with E-state index in [0.717, 1.165) is 44.6 Å². The first-order valence-electron chi connectivity index (χ1n) is 8.98. The van der Waals surface area contributed by atoms with Crippen molar-refractivity contribution in [3.05, 3.63) is 24.0 Å². The summed E-state index contributed by atoms with van der Waals surface area (Å²) in [5.41, 5.74) is 1.24. The number of nitrogens with zero attached hydrogens (tertiary/aromatic N) is 3. The largest absolute Gasteiger partial charge is 0.368 e. The van der Waals surface area contributed by atoms with E-state index in [1.54, 1.807) is 19.3 Å². The Hall–Kier alpha value is -2.48. The number of hydrogen-bond donors (Lipinski definition) is 2. The first-order chi connectivity index (χ1) is 12.6. The van der Waals surface area contributed by atoms with Crippen LogP contribution in [-0.2, 0) is 9.59 Å². The fourth-order valence-electron chi connectivity index (χ4n) is 2.97. The normalized spacial score (nSPS) is 16.0. The van der Waals surface area contributed by atoms with Crippen LogP contribution in [0.3, 0.4) is 0 Å². The SMILES string of the molecule is CCCC(NC(=O)c1ccc(N2CCN(CC=O)CC2)cn1)C(=O)NC. The summed E-state index contributed by atoms with van der Waals surface area (Å²) in [5.74, 6) is -0.556. The number of carbonyl (C=O) groups is 3. The second kappa shape index (κ2) is 9.86. The van der Waals surface area contributed by atoms with Crippen molar-refractivity contribution in [2.75, 3.05) is 44.7 Å². The molecular formula is C18H27N5O3. The maximum atomic E-state index is 12.3. The molecule has 26 heavy (non-hydrogen) atoms. The molecule has 1 aliphatic heterocycles. The molecule has 1 aliphatic rings. The Balaban J connectivity index is 1.95. The van der Waals surface area contributed by atoms with Gasteiger partial charge in [-0.15, -0.1) is 0 Å². The minimum Gasteiger partial charge on any atom is -0.368 e. The van der Waals surface area contributed by atoms with Gasteiger partial charge in [-0.25, -0.2) is 4.98 Å². The van der Waals surface area contributed by atoms with Gasteiger partial charge in [-0.05, 0) is 18.6 Å². The van der Waals surface area contributed by atoms with Gasteiger partial charge in [-0.1, -0.05) is 13.3 Å². The number of nitrogens with one attached hydrogen (secondary N) is 2. The van der Waals surface area contributed by atoms with Gasteiger partial charge in [0.05, 0.1) is 18.4 Å². The number of anilines is 1. The van der Waals surface area contributed by atoms with Crippen LogP contribution in [0.1, 0.15) is 30.3 Å². The highest BCUT2D eigenvalue weighted by molar-refractivity contribution is 5.96. The molecule has 2 amide bonds. The molecule has 2 rings (SSSR count). The first-order valence-corrected chi connectivity index (χ1v) is 8.98. The molecule has 1 fully saturated rings. The molecule has 0 bridgehead atoms. The van der Waals surface area contributed by atoms with Crippen LogP contribution in [-0.4, -0.2) is 73.8 Å². The molecule has 8 heteroatoms. The summed E-state index contributed by atoms with van der Waals surface area (Å²) in [4.78, 5) is 43.3. The van der Waals surface area contributed by atoms with E-state index in [9.17, 15) is 14.4 Å². The van der Waals surface area contributed by atoms with Gasteiger partial charge in [0, 0.05) is 33.2 Å². The van der Waals surface area contributed by atoms with Crippen molar-refractivity contribution >= 4 is 23.8 Å². The number of likely N-dealkylation sites (N-methyl/N-ethyl adjacent to an activating group) is 1. The lowest BCUT2D eigenvalue weighted by Gasteiger charge is -2.35. The van der Waals surface area contributed by atoms with E-state index < -0.39 is 6.04 Å². The average molecular weight is 361 g/mol. The number of hydrogen-bond acceptors (Lipinski definition) is 6. The molecule has 8 nitrogen and oxygen atoms in total. The molecule has 142 valence electrons. The average Bonchev–Trinajstić information content (AvgIpc) is 2.68. The van der Waals surface area contributed by atoms with Gasteiger partial charge in [0.25, 0.3) is 5.91 Å². The second-order valence-electron chi connectivity index (χ2n) is 6.28. The third kappa shape index (κ3) is 5.26. The second-order valence-corrected chi connectivity index (χ2v) is 6.28. The minimum absolute atomic E-state index is 0.204. The summed E-state index contributed by atoms with van der Waals surface area (Å²) in [6, 6.07) is 2.99. The van der Waals surface area contributed by atoms with Crippen molar-refractivity contribution < 1.29 is 14.4 Å². The zero-order chi connectivity index (χ0) is 18.9. The molecule has 0 spiro atoms. The van der Waals surface area contributed by atoms with Gasteiger partial charge >= 0.3 is 0 Å². The van der Waals surface area contributed by atoms with Gasteiger partial charge in [-0.3, -0.25) is 14.5 Å². The standard InChI is InChI=1S/C18H27N5O3/c1-3-4-16(17(25)19-2)21-18(26)15-6-5-14(13-20-15)23-9-7-22(8-10-23)11-12-24/h5-6,12-13,16H,3-4,7-11H2,1-2H3,(H,19,25)(H,21,26). The van der Waals surface area contributed by atoms with Gasteiger partial charge in [0.2, 0.25) is 5.91 Å². The topological polar surface area (TPSA) is 94.6 Å². The molecule has 1 aromatic rings. The minimum atomic E-state index is -0.551. The Morgan fingerprint density at radius 1 is 1.27 bits per heavy atom. The van der Waals surface area contributed by atoms with Crippen molar-refractivity contribution in [2.24, 2.45) is 0 Å². The van der Waals surface area contributed by atoms with E-state index in [4.69, 9.17) is 0 Å². The predicted octanol–water partition coefficient (Wildman–Crippen LogP) is 0.0470. The summed E-state index contributed by atoms with van der Waals surface area (Å²) >= 11 is 0. The van der Waals surface area contributed by atoms with Crippen LogP contribution in [0.15, 0.2) is 18.3 Å². The number of carbonyl (C=O) groups excluding carboxylic acids is 3. The van der Waals surface area contributed by atoms with Crippen LogP contribution in [0, 0.1) is 0 Å². The van der Waals surface area contributed by atoms with Gasteiger partial charge in [-0.2, -0.15) is 0 Å². The molecule has 0 aliphatic carbocycles. The first kappa shape index (κ1) is 19.8. The van der Waals surface area contributed by atoms with E-state index >= 15 is 0 Å². The summed E-state index contributed by atoms with van der Waals surface area (Å²) in [6.45, 7) is 5.71. The lowest BCUT2D eigenvalue weighted by Crippen LogP contribution is -2.47. The molecule has 1 saturated heterocycles. The maximum Gasteiger partial charge on any atom is 0.270 e. The molecule has 0 aromatic carbocycles. The maximum absolute atomic E-state index is 12.3. The highest BCUT2D eigenvalue weighted by Gasteiger charge is 2.21. The summed E-state index contributed by atoms with van der Waals surface area (Å²) in [5, 5.41) is 5.30. The number of rotatable bonds is 8. The fourth-order valence-corrected chi connectivity index (χ4v) is 2.97. The molecule has 2 heterocycles. The fraction of sp³-hybridized carbons (Fsp3) is 0.556. The van der Waals surface area contributed by atoms with Crippen molar-refractivity contribution in [1.82, 2.24) is 20.5 Å². The van der Waals surface area contributed by atoms with Crippen molar-refractivity contribution in [3.63, 3.8) is 0 Å². The number of piperazine rings is 1. The van der Waals surface area contributed by atoms with Crippen molar-refractivity contribution in [1.29, 1.82) is 0 Å². The highest BCUT2D eigenvalue weighted by atomic mass is 16.2. The zero-order valence-electron chi connectivity index (χ0n) is 15.4. The Kier molecular flexibility index (Phi) is 7.53. The smallest absolute Gasteiger partial charge is 0.270 e. The van der Waals surface area contributed by atoms with E-state index in [1.807, 2.05) is 13.0 Å². The van der Waals surface area contributed by atoms with Crippen LogP contribution >= 0.6 is 0 Å². The van der Waals surface area contributed by atoms with Gasteiger partial charge in [0.15, 0.2) is 0 Å². The van der Waals surface area contributed by atoms with E-state index in [2.05, 4.69) is 25.4 Å². The summed E-state index contributed by atoms with van der Waals surface area (Å²) in [7, 11) is 1.55. The summed E-state index contributed by atoms with van der Waals surface area (Å²) in [6.07, 6.45) is 3.98. The van der Waals surface area contributed by atoms with E-state index in [0.29, 0.717) is 18.7 Å². The van der Waals surface area contributed by atoms with Gasteiger partial charge < -0.3 is 20.3 Å². The van der Waals surface area contributed by atoms with Gasteiger partial charge in [0.1, 0.15) is 18.0 Å². The molecule has 0 radical (unpaired) electrons. The molecule has 1 unspecified atom stereocenters. The monoisotopic (exact) mass is 361 g/mol. The van der Waals surface area contributed by atoms with E-state index in [-0.39, 0.29) is 11.8 Å². The molecule has 1 atom stereocenters. The third-order valence-corrected chi connectivity index (χ3v) is 4.50. The molecular weight excluding hydrogens is 334 g/mol. The molecule has 2 N–H and O–H groups in total. The van der Waals surface area contributed by atoms with Crippen LogP contribution < -0.4 is 15.5 Å².